The van der Waals surface area contributed by atoms with Crippen molar-refractivity contribution in [3.63, 3.8) is 0 Å². The van der Waals surface area contributed by atoms with E-state index in [0.717, 1.165) is 5.56 Å². The Morgan fingerprint density at radius 2 is 2.00 bits per heavy atom. The van der Waals surface area contributed by atoms with Gasteiger partial charge in [-0.15, -0.1) is 0 Å². The van der Waals surface area contributed by atoms with Gasteiger partial charge in [0, 0.05) is 25.5 Å². The third-order valence-corrected chi connectivity index (χ3v) is 3.01. The van der Waals surface area contributed by atoms with Crippen molar-refractivity contribution >= 4 is 11.5 Å². The molecule has 4 N–H and O–H groups in total. The maximum atomic E-state index is 11.9. The molecule has 112 valence electrons. The fourth-order valence-corrected chi connectivity index (χ4v) is 2.00. The topological polar surface area (TPSA) is 106 Å². The number of anilines is 2. The van der Waals surface area contributed by atoms with Crippen LogP contribution >= 0.6 is 0 Å². The van der Waals surface area contributed by atoms with Crippen LogP contribution < -0.4 is 22.3 Å². The minimum Gasteiger partial charge on any atom is -0.383 e. The molecule has 2 aromatic heterocycles. The van der Waals surface area contributed by atoms with E-state index in [9.17, 15) is 9.59 Å². The lowest BCUT2D eigenvalue weighted by atomic mass is 10.2. The van der Waals surface area contributed by atoms with Crippen LogP contribution in [0, 0.1) is 5.92 Å². The van der Waals surface area contributed by atoms with Crippen molar-refractivity contribution in [3.8, 4) is 0 Å². The second-order valence-corrected chi connectivity index (χ2v) is 5.23. The van der Waals surface area contributed by atoms with Crippen LogP contribution in [0.3, 0.4) is 0 Å². The Morgan fingerprint density at radius 1 is 1.33 bits per heavy atom. The second kappa shape index (κ2) is 6.25. The minimum absolute atomic E-state index is 0.159. The number of nitrogens with zero attached hydrogens (tertiary/aromatic N) is 2. The molecule has 0 fully saturated rings. The van der Waals surface area contributed by atoms with Crippen LogP contribution in [0.25, 0.3) is 0 Å². The predicted molar refractivity (Wildman–Crippen MR) is 82.1 cm³/mol. The highest BCUT2D eigenvalue weighted by Crippen LogP contribution is 2.13. The molecule has 2 aromatic rings. The first kappa shape index (κ1) is 14.8. The molecule has 2 heterocycles. The molecule has 0 aliphatic heterocycles. The number of aromatic nitrogens is 3. The smallest absolute Gasteiger partial charge is 0.330 e. The Balaban J connectivity index is 2.31. The van der Waals surface area contributed by atoms with Gasteiger partial charge in [0.05, 0.1) is 0 Å². The summed E-state index contributed by atoms with van der Waals surface area (Å²) >= 11 is 0. The van der Waals surface area contributed by atoms with Crippen molar-refractivity contribution in [1.82, 2.24) is 14.5 Å². The highest BCUT2D eigenvalue weighted by atomic mass is 16.2. The van der Waals surface area contributed by atoms with Gasteiger partial charge in [-0.25, -0.2) is 4.79 Å². The van der Waals surface area contributed by atoms with Gasteiger partial charge in [-0.3, -0.25) is 19.3 Å². The molecular weight excluding hydrogens is 270 g/mol. The van der Waals surface area contributed by atoms with Gasteiger partial charge >= 0.3 is 5.69 Å². The lowest BCUT2D eigenvalue weighted by molar-refractivity contribution is 0.508. The molecule has 0 radical (unpaired) electrons. The van der Waals surface area contributed by atoms with E-state index in [2.05, 4.69) is 15.3 Å². The molecule has 0 bridgehead atoms. The van der Waals surface area contributed by atoms with Crippen molar-refractivity contribution < 1.29 is 0 Å². The maximum absolute atomic E-state index is 11.9. The number of rotatable bonds is 5. The fourth-order valence-electron chi connectivity index (χ4n) is 2.00. The molecule has 0 saturated heterocycles. The van der Waals surface area contributed by atoms with E-state index in [1.807, 2.05) is 26.0 Å². The van der Waals surface area contributed by atoms with Gasteiger partial charge in [0.2, 0.25) is 0 Å². The van der Waals surface area contributed by atoms with Crippen LogP contribution in [-0.2, 0) is 13.1 Å². The van der Waals surface area contributed by atoms with E-state index in [0.29, 0.717) is 13.1 Å². The molecule has 0 saturated carbocycles. The largest absolute Gasteiger partial charge is 0.383 e. The van der Waals surface area contributed by atoms with Gasteiger partial charge < -0.3 is 11.1 Å². The Bertz CT molecular complexity index is 718. The summed E-state index contributed by atoms with van der Waals surface area (Å²) in [5.41, 5.74) is 6.15. The number of nitrogen functional groups attached to an aromatic ring is 1. The summed E-state index contributed by atoms with van der Waals surface area (Å²) in [6.07, 6.45) is 3.34. The number of nitrogens with one attached hydrogen (secondary N) is 2. The third kappa shape index (κ3) is 3.50. The van der Waals surface area contributed by atoms with Gasteiger partial charge in [0.15, 0.2) is 0 Å². The first-order chi connectivity index (χ1) is 9.99. The molecule has 0 atom stereocenters. The number of hydrogen-bond acceptors (Lipinski definition) is 5. The van der Waals surface area contributed by atoms with Crippen LogP contribution in [0.15, 0.2) is 34.1 Å². The molecule has 0 aliphatic carbocycles. The Hall–Kier alpha value is -2.57. The summed E-state index contributed by atoms with van der Waals surface area (Å²) in [7, 11) is 0. The summed E-state index contributed by atoms with van der Waals surface area (Å²) < 4.78 is 1.38. The van der Waals surface area contributed by atoms with Gasteiger partial charge in [-0.1, -0.05) is 13.8 Å². The lowest BCUT2D eigenvalue weighted by Gasteiger charge is -2.15. The molecule has 0 unspecified atom stereocenters. The minimum atomic E-state index is -0.508. The zero-order valence-corrected chi connectivity index (χ0v) is 12.1. The first-order valence-corrected chi connectivity index (χ1v) is 6.74. The summed E-state index contributed by atoms with van der Waals surface area (Å²) in [6, 6.07) is 3.67. The van der Waals surface area contributed by atoms with E-state index < -0.39 is 11.2 Å². The van der Waals surface area contributed by atoms with E-state index in [1.165, 1.54) is 4.57 Å². The predicted octanol–water partition coefficient (Wildman–Crippen LogP) is 0.782. The van der Waals surface area contributed by atoms with Crippen molar-refractivity contribution in [3.05, 3.63) is 50.9 Å². The molecule has 21 heavy (non-hydrogen) atoms. The molecule has 7 nitrogen and oxygen atoms in total. The summed E-state index contributed by atoms with van der Waals surface area (Å²) in [5.74, 6) is 0.399. The summed E-state index contributed by atoms with van der Waals surface area (Å²) in [5, 5.41) is 2.98. The van der Waals surface area contributed by atoms with Crippen molar-refractivity contribution in [2.75, 3.05) is 11.1 Å². The Kier molecular flexibility index (Phi) is 4.42. The van der Waals surface area contributed by atoms with Gasteiger partial charge in [-0.2, -0.15) is 0 Å². The number of aromatic amines is 1. The molecular formula is C14H19N5O2. The van der Waals surface area contributed by atoms with E-state index in [4.69, 9.17) is 5.73 Å². The Morgan fingerprint density at radius 3 is 2.62 bits per heavy atom. The van der Waals surface area contributed by atoms with Crippen LogP contribution in [0.2, 0.25) is 0 Å². The summed E-state index contributed by atoms with van der Waals surface area (Å²) in [6.45, 7) is 4.82. The average molecular weight is 289 g/mol. The van der Waals surface area contributed by atoms with Gasteiger partial charge in [0.25, 0.3) is 5.56 Å². The summed E-state index contributed by atoms with van der Waals surface area (Å²) in [4.78, 5) is 29.9. The normalized spacial score (nSPS) is 10.8. The molecule has 2 rings (SSSR count). The molecule has 0 aliphatic rings. The molecule has 0 aromatic carbocycles. The molecule has 0 amide bonds. The standard InChI is InChI=1S/C14H19N5O2/c1-9(2)8-19-12(15)11(13(20)18-14(19)21)17-7-10-3-5-16-6-4-10/h3-6,9,17H,7-8,15H2,1-2H3,(H,18,20,21). The van der Waals surface area contributed by atoms with Crippen LogP contribution in [0.4, 0.5) is 11.5 Å². The van der Waals surface area contributed by atoms with Gasteiger partial charge in [0.1, 0.15) is 11.5 Å². The number of nitrogens with two attached hydrogens (primary N) is 1. The second-order valence-electron chi connectivity index (χ2n) is 5.23. The monoisotopic (exact) mass is 289 g/mol. The number of H-pyrrole nitrogens is 1. The molecule has 0 spiro atoms. The zero-order valence-electron chi connectivity index (χ0n) is 12.1. The maximum Gasteiger partial charge on any atom is 0.330 e. The highest BCUT2D eigenvalue weighted by molar-refractivity contribution is 5.60. The zero-order chi connectivity index (χ0) is 15.4. The van der Waals surface area contributed by atoms with E-state index in [-0.39, 0.29) is 17.4 Å². The fraction of sp³-hybridized carbons (Fsp3) is 0.357. The number of hydrogen-bond donors (Lipinski definition) is 3. The van der Waals surface area contributed by atoms with Crippen LogP contribution in [-0.4, -0.2) is 14.5 Å². The molecule has 7 heteroatoms. The van der Waals surface area contributed by atoms with Crippen LogP contribution in [0.1, 0.15) is 19.4 Å². The van der Waals surface area contributed by atoms with Crippen LogP contribution in [0.5, 0.6) is 0 Å². The Labute approximate surface area is 121 Å². The lowest BCUT2D eigenvalue weighted by Crippen LogP contribution is -2.35. The van der Waals surface area contributed by atoms with E-state index in [1.54, 1.807) is 12.4 Å². The third-order valence-electron chi connectivity index (χ3n) is 3.01. The quantitative estimate of drug-likeness (QED) is 0.754. The van der Waals surface area contributed by atoms with E-state index >= 15 is 0 Å². The SMILES string of the molecule is CC(C)Cn1c(N)c(NCc2ccncc2)c(=O)[nH]c1=O. The van der Waals surface area contributed by atoms with Crippen molar-refractivity contribution in [2.45, 2.75) is 26.9 Å². The van der Waals surface area contributed by atoms with Crippen molar-refractivity contribution in [1.29, 1.82) is 0 Å². The average Bonchev–Trinajstić information content (AvgIpc) is 2.44. The highest BCUT2D eigenvalue weighted by Gasteiger charge is 2.12. The number of pyridine rings is 1. The van der Waals surface area contributed by atoms with Gasteiger partial charge in [-0.05, 0) is 23.6 Å². The van der Waals surface area contributed by atoms with Crippen molar-refractivity contribution in [2.24, 2.45) is 5.92 Å². The first-order valence-electron chi connectivity index (χ1n) is 6.74.